The van der Waals surface area contributed by atoms with Gasteiger partial charge in [-0.3, -0.25) is 4.79 Å². The van der Waals surface area contributed by atoms with Crippen molar-refractivity contribution in [3.63, 3.8) is 0 Å². The number of aromatic nitrogens is 3. The van der Waals surface area contributed by atoms with E-state index in [2.05, 4.69) is 20.9 Å². The van der Waals surface area contributed by atoms with Gasteiger partial charge in [0.05, 0.1) is 17.6 Å². The van der Waals surface area contributed by atoms with Gasteiger partial charge in [-0.2, -0.15) is 10.2 Å². The zero-order valence-corrected chi connectivity index (χ0v) is 18.9. The quantitative estimate of drug-likeness (QED) is 0.486. The SMILES string of the molecule is Cc1ccc2oc(N3CC=C(c4cc(=O)n(C)c5cc(OCCO)c(C#N)nc45)CC3)nc2c1. The summed E-state index contributed by atoms with van der Waals surface area (Å²) >= 11 is 0. The lowest BCUT2D eigenvalue weighted by Crippen LogP contribution is -2.29. The Hall–Kier alpha value is -4.16. The van der Waals surface area contributed by atoms with E-state index in [9.17, 15) is 10.1 Å². The van der Waals surface area contributed by atoms with Crippen LogP contribution in [0.4, 0.5) is 6.01 Å². The molecule has 1 aromatic carbocycles. The van der Waals surface area contributed by atoms with Crippen LogP contribution in [0.15, 0.2) is 45.6 Å². The van der Waals surface area contributed by atoms with Crippen molar-refractivity contribution >= 4 is 33.7 Å². The molecule has 0 saturated carbocycles. The van der Waals surface area contributed by atoms with Crippen LogP contribution in [0.25, 0.3) is 27.7 Å². The summed E-state index contributed by atoms with van der Waals surface area (Å²) in [7, 11) is 1.66. The lowest BCUT2D eigenvalue weighted by molar-refractivity contribution is 0.201. The number of aryl methyl sites for hydroxylation is 2. The first kappa shape index (κ1) is 21.7. The number of aliphatic hydroxyl groups excluding tert-OH is 1. The zero-order chi connectivity index (χ0) is 23.8. The van der Waals surface area contributed by atoms with Gasteiger partial charge in [0.15, 0.2) is 17.0 Å². The summed E-state index contributed by atoms with van der Waals surface area (Å²) in [5.74, 6) is 0.242. The number of hydrogen-bond acceptors (Lipinski definition) is 8. The van der Waals surface area contributed by atoms with Crippen molar-refractivity contribution in [2.45, 2.75) is 13.3 Å². The molecule has 0 fully saturated rings. The first-order valence-corrected chi connectivity index (χ1v) is 11.0. The van der Waals surface area contributed by atoms with Crippen LogP contribution in [0.3, 0.4) is 0 Å². The lowest BCUT2D eigenvalue weighted by Gasteiger charge is -2.25. The van der Waals surface area contributed by atoms with Crippen molar-refractivity contribution in [2.75, 3.05) is 31.2 Å². The third-order valence-electron chi connectivity index (χ3n) is 5.99. The highest BCUT2D eigenvalue weighted by Gasteiger charge is 2.22. The van der Waals surface area contributed by atoms with Gasteiger partial charge in [0.25, 0.3) is 11.6 Å². The predicted octanol–water partition coefficient (Wildman–Crippen LogP) is 2.92. The topological polar surface area (TPSA) is 117 Å². The summed E-state index contributed by atoms with van der Waals surface area (Å²) in [6, 6.07) is 11.7. The fraction of sp³-hybridized carbons (Fsp3) is 0.280. The first-order valence-electron chi connectivity index (χ1n) is 11.0. The number of nitrogens with zero attached hydrogens (tertiary/aromatic N) is 5. The van der Waals surface area contributed by atoms with Crippen molar-refractivity contribution < 1.29 is 14.3 Å². The molecule has 3 aromatic heterocycles. The van der Waals surface area contributed by atoms with Crippen LogP contribution in [0.2, 0.25) is 0 Å². The minimum atomic E-state index is -0.190. The molecule has 1 aliphatic rings. The summed E-state index contributed by atoms with van der Waals surface area (Å²) in [5, 5.41) is 18.6. The van der Waals surface area contributed by atoms with Crippen LogP contribution >= 0.6 is 0 Å². The van der Waals surface area contributed by atoms with E-state index in [1.165, 1.54) is 4.57 Å². The Balaban J connectivity index is 1.52. The average Bonchev–Trinajstić information content (AvgIpc) is 3.28. The molecule has 0 unspecified atom stereocenters. The summed E-state index contributed by atoms with van der Waals surface area (Å²) in [6.07, 6.45) is 2.70. The van der Waals surface area contributed by atoms with E-state index in [0.717, 1.165) is 22.2 Å². The smallest absolute Gasteiger partial charge is 0.298 e. The molecule has 0 spiro atoms. The van der Waals surface area contributed by atoms with Gasteiger partial charge in [0, 0.05) is 37.8 Å². The second-order valence-corrected chi connectivity index (χ2v) is 8.23. The van der Waals surface area contributed by atoms with Gasteiger partial charge < -0.3 is 23.7 Å². The Morgan fingerprint density at radius 2 is 2.12 bits per heavy atom. The third kappa shape index (κ3) is 3.78. The number of anilines is 1. The van der Waals surface area contributed by atoms with Crippen LogP contribution in [-0.4, -0.2) is 45.9 Å². The molecule has 4 aromatic rings. The van der Waals surface area contributed by atoms with Gasteiger partial charge in [-0.1, -0.05) is 12.1 Å². The van der Waals surface area contributed by atoms with Gasteiger partial charge in [0.2, 0.25) is 0 Å². The molecule has 0 amide bonds. The number of rotatable bonds is 5. The van der Waals surface area contributed by atoms with E-state index in [1.54, 1.807) is 19.2 Å². The molecule has 0 radical (unpaired) electrons. The molecule has 0 atom stereocenters. The van der Waals surface area contributed by atoms with Crippen LogP contribution in [0, 0.1) is 18.3 Å². The Kier molecular flexibility index (Phi) is 5.51. The number of ether oxygens (including phenoxy) is 1. The minimum Gasteiger partial charge on any atom is -0.488 e. The van der Waals surface area contributed by atoms with Gasteiger partial charge in [-0.25, -0.2) is 4.98 Å². The molecular formula is C25H23N5O4. The summed E-state index contributed by atoms with van der Waals surface area (Å²) in [5.41, 5.74) is 5.44. The monoisotopic (exact) mass is 457 g/mol. The molecule has 5 rings (SSSR count). The number of benzene rings is 1. The summed E-state index contributed by atoms with van der Waals surface area (Å²) in [6.45, 7) is 3.10. The van der Waals surface area contributed by atoms with Crippen molar-refractivity contribution in [3.05, 3.63) is 63.6 Å². The van der Waals surface area contributed by atoms with E-state index in [4.69, 9.17) is 14.3 Å². The molecule has 9 heteroatoms. The van der Waals surface area contributed by atoms with Crippen LogP contribution in [0.1, 0.15) is 23.2 Å². The van der Waals surface area contributed by atoms with E-state index in [-0.39, 0.29) is 30.2 Å². The number of hydrogen-bond donors (Lipinski definition) is 1. The second-order valence-electron chi connectivity index (χ2n) is 8.23. The molecule has 1 N–H and O–H groups in total. The fourth-order valence-corrected chi connectivity index (χ4v) is 4.18. The van der Waals surface area contributed by atoms with Gasteiger partial charge >= 0.3 is 0 Å². The molecule has 0 saturated heterocycles. The molecule has 34 heavy (non-hydrogen) atoms. The molecule has 1 aliphatic heterocycles. The Morgan fingerprint density at radius 1 is 1.26 bits per heavy atom. The number of oxazole rings is 1. The first-order chi connectivity index (χ1) is 16.5. The van der Waals surface area contributed by atoms with Crippen molar-refractivity contribution in [1.29, 1.82) is 5.26 Å². The highest BCUT2D eigenvalue weighted by molar-refractivity contribution is 5.90. The minimum absolute atomic E-state index is 0.0336. The maximum absolute atomic E-state index is 12.7. The maximum Gasteiger partial charge on any atom is 0.298 e. The van der Waals surface area contributed by atoms with Gasteiger partial charge in [0.1, 0.15) is 18.2 Å². The largest absolute Gasteiger partial charge is 0.488 e. The maximum atomic E-state index is 12.7. The van der Waals surface area contributed by atoms with Crippen LogP contribution < -0.4 is 15.2 Å². The fourth-order valence-electron chi connectivity index (χ4n) is 4.18. The lowest BCUT2D eigenvalue weighted by atomic mass is 9.98. The zero-order valence-electron chi connectivity index (χ0n) is 18.9. The summed E-state index contributed by atoms with van der Waals surface area (Å²) in [4.78, 5) is 23.9. The van der Waals surface area contributed by atoms with E-state index < -0.39 is 0 Å². The molecule has 4 heterocycles. The second kappa shape index (κ2) is 8.65. The Labute approximate surface area is 195 Å². The highest BCUT2D eigenvalue weighted by Crippen LogP contribution is 2.32. The molecule has 0 aliphatic carbocycles. The van der Waals surface area contributed by atoms with Gasteiger partial charge in [-0.15, -0.1) is 0 Å². The van der Waals surface area contributed by atoms with Crippen LogP contribution in [-0.2, 0) is 7.05 Å². The molecule has 172 valence electrons. The highest BCUT2D eigenvalue weighted by atomic mass is 16.5. The molecule has 0 bridgehead atoms. The Bertz CT molecular complexity index is 1540. The average molecular weight is 457 g/mol. The number of pyridine rings is 2. The molecular weight excluding hydrogens is 434 g/mol. The number of fused-ring (bicyclic) bond motifs is 2. The van der Waals surface area contributed by atoms with Crippen molar-refractivity contribution in [2.24, 2.45) is 7.05 Å². The van der Waals surface area contributed by atoms with E-state index in [1.807, 2.05) is 31.2 Å². The summed E-state index contributed by atoms with van der Waals surface area (Å²) < 4.78 is 12.9. The van der Waals surface area contributed by atoms with Crippen molar-refractivity contribution in [1.82, 2.24) is 14.5 Å². The van der Waals surface area contributed by atoms with E-state index in [0.29, 0.717) is 42.1 Å². The Morgan fingerprint density at radius 3 is 2.85 bits per heavy atom. The third-order valence-corrected chi connectivity index (χ3v) is 5.99. The number of aliphatic hydroxyl groups is 1. The van der Waals surface area contributed by atoms with E-state index >= 15 is 0 Å². The standard InChI is InChI=1S/C25H23N5O4/c1-15-3-4-21-18(11-15)28-25(34-21)30-7-5-16(6-8-30)17-12-23(32)29(2)20-13-22(33-10-9-31)19(14-26)27-24(17)20/h3-5,11-13,31H,6-10H2,1-2H3. The normalized spacial score (nSPS) is 13.8. The number of nitriles is 1. The van der Waals surface area contributed by atoms with Gasteiger partial charge in [-0.05, 0) is 36.6 Å². The predicted molar refractivity (Wildman–Crippen MR) is 128 cm³/mol. The van der Waals surface area contributed by atoms with Crippen LogP contribution in [0.5, 0.6) is 5.75 Å². The van der Waals surface area contributed by atoms with Crippen molar-refractivity contribution in [3.8, 4) is 11.8 Å². The molecule has 9 nitrogen and oxygen atoms in total.